The lowest BCUT2D eigenvalue weighted by Crippen LogP contribution is -2.30. The normalized spacial score (nSPS) is 10.6. The Morgan fingerprint density at radius 1 is 1.04 bits per heavy atom. The summed E-state index contributed by atoms with van der Waals surface area (Å²) in [5, 5.41) is 7.47. The van der Waals surface area contributed by atoms with Gasteiger partial charge in [-0.25, -0.2) is 0 Å². The molecule has 6 heteroatoms. The van der Waals surface area contributed by atoms with Crippen LogP contribution in [0.5, 0.6) is 0 Å². The van der Waals surface area contributed by atoms with Crippen molar-refractivity contribution in [3.05, 3.63) is 57.8 Å². The summed E-state index contributed by atoms with van der Waals surface area (Å²) in [6.45, 7) is 1.74. The van der Waals surface area contributed by atoms with Gasteiger partial charge in [-0.1, -0.05) is 30.3 Å². The van der Waals surface area contributed by atoms with Gasteiger partial charge >= 0.3 is 0 Å². The first-order valence-electron chi connectivity index (χ1n) is 7.85. The number of nitrogens with one attached hydrogen (secondary N) is 2. The number of amides is 2. The van der Waals surface area contributed by atoms with E-state index in [-0.39, 0.29) is 18.2 Å². The van der Waals surface area contributed by atoms with Crippen molar-refractivity contribution in [1.29, 1.82) is 0 Å². The Bertz CT molecular complexity index is 651. The van der Waals surface area contributed by atoms with E-state index in [0.29, 0.717) is 18.0 Å². The molecule has 2 N–H and O–H groups in total. The monoisotopic (exact) mass is 345 g/mol. The molecule has 0 unspecified atom stereocenters. The average Bonchev–Trinajstić information content (AvgIpc) is 3.08. The lowest BCUT2D eigenvalue weighted by Gasteiger charge is -2.10. The third kappa shape index (κ3) is 6.14. The maximum absolute atomic E-state index is 11.8. The summed E-state index contributed by atoms with van der Waals surface area (Å²) >= 11 is 1.39. The lowest BCUT2D eigenvalue weighted by atomic mass is 10.1. The van der Waals surface area contributed by atoms with Crippen molar-refractivity contribution in [2.75, 3.05) is 20.6 Å². The average molecular weight is 345 g/mol. The predicted molar refractivity (Wildman–Crippen MR) is 96.9 cm³/mol. The molecule has 1 heterocycles. The Labute approximate surface area is 146 Å². The van der Waals surface area contributed by atoms with Gasteiger partial charge in [0.05, 0.1) is 4.88 Å². The smallest absolute Gasteiger partial charge is 0.261 e. The van der Waals surface area contributed by atoms with Gasteiger partial charge in [-0.2, -0.15) is 0 Å². The Morgan fingerprint density at radius 3 is 2.38 bits per heavy atom. The molecule has 0 atom stereocenters. The minimum absolute atomic E-state index is 0.0705. The topological polar surface area (TPSA) is 61.4 Å². The highest BCUT2D eigenvalue weighted by atomic mass is 32.1. The van der Waals surface area contributed by atoms with Gasteiger partial charge in [0.25, 0.3) is 5.91 Å². The molecule has 2 aromatic rings. The van der Waals surface area contributed by atoms with Crippen LogP contribution >= 0.6 is 11.3 Å². The van der Waals surface area contributed by atoms with Gasteiger partial charge in [-0.3, -0.25) is 9.59 Å². The van der Waals surface area contributed by atoms with Crippen molar-refractivity contribution in [2.24, 2.45) is 0 Å². The summed E-state index contributed by atoms with van der Waals surface area (Å²) in [4.78, 5) is 26.3. The van der Waals surface area contributed by atoms with Crippen LogP contribution < -0.4 is 10.6 Å². The zero-order chi connectivity index (χ0) is 17.4. The highest BCUT2D eigenvalue weighted by Gasteiger charge is 2.07. The van der Waals surface area contributed by atoms with Crippen molar-refractivity contribution < 1.29 is 9.59 Å². The van der Waals surface area contributed by atoms with E-state index in [4.69, 9.17) is 0 Å². The fraction of sp³-hybridized carbons (Fsp3) is 0.333. The molecule has 0 fully saturated rings. The number of rotatable bonds is 8. The van der Waals surface area contributed by atoms with Crippen molar-refractivity contribution in [2.45, 2.75) is 19.5 Å². The number of carbonyl (C=O) groups is 2. The minimum atomic E-state index is -0.130. The molecule has 0 radical (unpaired) electrons. The Morgan fingerprint density at radius 2 is 1.75 bits per heavy atom. The number of benzene rings is 1. The van der Waals surface area contributed by atoms with E-state index in [1.807, 2.05) is 37.7 Å². The number of thiophene rings is 1. The van der Waals surface area contributed by atoms with E-state index >= 15 is 0 Å². The molecule has 128 valence electrons. The molecule has 0 saturated carbocycles. The molecule has 24 heavy (non-hydrogen) atoms. The number of hydrogen-bond acceptors (Lipinski definition) is 4. The van der Waals surface area contributed by atoms with Crippen LogP contribution in [-0.2, 0) is 17.9 Å². The zero-order valence-electron chi connectivity index (χ0n) is 14.0. The summed E-state index contributed by atoms with van der Waals surface area (Å²) in [5.41, 5.74) is 2.31. The second-order valence-electron chi connectivity index (χ2n) is 5.81. The third-order valence-electron chi connectivity index (χ3n) is 3.39. The third-order valence-corrected chi connectivity index (χ3v) is 4.26. The van der Waals surface area contributed by atoms with Gasteiger partial charge in [0, 0.05) is 26.1 Å². The summed E-state index contributed by atoms with van der Waals surface area (Å²) in [5.74, 6) is -0.201. The van der Waals surface area contributed by atoms with Crippen LogP contribution in [0.4, 0.5) is 0 Å². The molecule has 2 amide bonds. The summed E-state index contributed by atoms with van der Waals surface area (Å²) in [7, 11) is 4.07. The standard InChI is InChI=1S/C18H23N3O2S/c1-21(2)13-15-7-5-14(6-8-15)12-20-17(22)9-10-19-18(23)16-4-3-11-24-16/h3-8,11H,9-10,12-13H2,1-2H3,(H,19,23)(H,20,22). The first-order valence-corrected chi connectivity index (χ1v) is 8.73. The molecular weight excluding hydrogens is 322 g/mol. The molecule has 0 aliphatic rings. The second kappa shape index (κ2) is 9.20. The molecule has 0 bridgehead atoms. The Balaban J connectivity index is 1.66. The van der Waals surface area contributed by atoms with Gasteiger partial charge in [0.2, 0.25) is 5.91 Å². The minimum Gasteiger partial charge on any atom is -0.352 e. The van der Waals surface area contributed by atoms with E-state index in [0.717, 1.165) is 12.1 Å². The molecule has 1 aromatic carbocycles. The van der Waals surface area contributed by atoms with Crippen molar-refractivity contribution >= 4 is 23.2 Å². The van der Waals surface area contributed by atoms with Crippen LogP contribution in [0.25, 0.3) is 0 Å². The van der Waals surface area contributed by atoms with Crippen LogP contribution in [-0.4, -0.2) is 37.4 Å². The van der Waals surface area contributed by atoms with Crippen LogP contribution in [0.2, 0.25) is 0 Å². The molecule has 1 aromatic heterocycles. The van der Waals surface area contributed by atoms with Gasteiger partial charge in [0.1, 0.15) is 0 Å². The van der Waals surface area contributed by atoms with E-state index in [1.165, 1.54) is 16.9 Å². The molecule has 5 nitrogen and oxygen atoms in total. The number of hydrogen-bond donors (Lipinski definition) is 2. The van der Waals surface area contributed by atoms with Crippen molar-refractivity contribution in [3.8, 4) is 0 Å². The van der Waals surface area contributed by atoms with Crippen LogP contribution in [0, 0.1) is 0 Å². The second-order valence-corrected chi connectivity index (χ2v) is 6.76. The van der Waals surface area contributed by atoms with Gasteiger partial charge < -0.3 is 15.5 Å². The number of carbonyl (C=O) groups excluding carboxylic acids is 2. The SMILES string of the molecule is CN(C)Cc1ccc(CNC(=O)CCNC(=O)c2cccs2)cc1. The molecule has 0 spiro atoms. The quantitative estimate of drug-likeness (QED) is 0.771. The zero-order valence-corrected chi connectivity index (χ0v) is 14.9. The summed E-state index contributed by atoms with van der Waals surface area (Å²) in [6, 6.07) is 11.8. The van der Waals surface area contributed by atoms with Gasteiger partial charge in [-0.05, 0) is 36.7 Å². The summed E-state index contributed by atoms with van der Waals surface area (Å²) in [6.07, 6.45) is 0.274. The first-order chi connectivity index (χ1) is 11.5. The van der Waals surface area contributed by atoms with Crippen LogP contribution in [0.1, 0.15) is 27.2 Å². The van der Waals surface area contributed by atoms with Crippen LogP contribution in [0.15, 0.2) is 41.8 Å². The Hall–Kier alpha value is -2.18. The lowest BCUT2D eigenvalue weighted by molar-refractivity contribution is -0.121. The van der Waals surface area contributed by atoms with Crippen molar-refractivity contribution in [3.63, 3.8) is 0 Å². The molecule has 2 rings (SSSR count). The molecule has 0 aliphatic carbocycles. The molecule has 0 aliphatic heterocycles. The van der Waals surface area contributed by atoms with E-state index < -0.39 is 0 Å². The van der Waals surface area contributed by atoms with Crippen LogP contribution in [0.3, 0.4) is 0 Å². The van der Waals surface area contributed by atoms with E-state index in [2.05, 4.69) is 27.7 Å². The highest BCUT2D eigenvalue weighted by molar-refractivity contribution is 7.12. The molecular formula is C18H23N3O2S. The van der Waals surface area contributed by atoms with Gasteiger partial charge in [-0.15, -0.1) is 11.3 Å². The summed E-state index contributed by atoms with van der Waals surface area (Å²) < 4.78 is 0. The molecule has 0 saturated heterocycles. The maximum Gasteiger partial charge on any atom is 0.261 e. The van der Waals surface area contributed by atoms with Gasteiger partial charge in [0.15, 0.2) is 0 Å². The highest BCUT2D eigenvalue weighted by Crippen LogP contribution is 2.08. The van der Waals surface area contributed by atoms with Crippen molar-refractivity contribution in [1.82, 2.24) is 15.5 Å². The predicted octanol–water partition coefficient (Wildman–Crippen LogP) is 2.25. The number of nitrogens with zero attached hydrogens (tertiary/aromatic N) is 1. The Kier molecular flexibility index (Phi) is 6.96. The van der Waals surface area contributed by atoms with E-state index in [9.17, 15) is 9.59 Å². The maximum atomic E-state index is 11.8. The van der Waals surface area contributed by atoms with E-state index in [1.54, 1.807) is 6.07 Å². The fourth-order valence-electron chi connectivity index (χ4n) is 2.20. The first kappa shape index (κ1) is 18.2. The fourth-order valence-corrected chi connectivity index (χ4v) is 2.84. The largest absolute Gasteiger partial charge is 0.352 e.